The number of pyridine rings is 1. The first-order valence-electron chi connectivity index (χ1n) is 10.8. The van der Waals surface area contributed by atoms with Crippen molar-refractivity contribution in [1.82, 2.24) is 4.98 Å². The molecule has 7 unspecified atom stereocenters. The van der Waals surface area contributed by atoms with E-state index in [4.69, 9.17) is 0 Å². The van der Waals surface area contributed by atoms with Crippen LogP contribution in [0.3, 0.4) is 0 Å². The third kappa shape index (κ3) is 2.45. The van der Waals surface area contributed by atoms with E-state index in [2.05, 4.69) is 37.0 Å². The maximum absolute atomic E-state index is 4.23. The van der Waals surface area contributed by atoms with E-state index in [-0.39, 0.29) is 0 Å². The lowest BCUT2D eigenvalue weighted by atomic mass is 9.49. The largest absolute Gasteiger partial charge is 0.265 e. The Balaban J connectivity index is 1.41. The van der Waals surface area contributed by atoms with Gasteiger partial charge >= 0.3 is 0 Å². The zero-order chi connectivity index (χ0) is 17.0. The molecule has 3 fully saturated rings. The molecule has 0 bridgehead atoms. The normalized spacial score (nSPS) is 45.9. The number of fused-ring (bicyclic) bond motifs is 5. The first-order chi connectivity index (χ1) is 12.2. The molecule has 25 heavy (non-hydrogen) atoms. The minimum atomic E-state index is 0.414. The van der Waals surface area contributed by atoms with Crippen LogP contribution in [-0.4, -0.2) is 4.98 Å². The van der Waals surface area contributed by atoms with Gasteiger partial charge in [0.25, 0.3) is 0 Å². The fraction of sp³-hybridized carbons (Fsp3) is 0.708. The maximum Gasteiger partial charge on any atom is 0.0273 e. The second-order valence-electron chi connectivity index (χ2n) is 9.90. The lowest BCUT2D eigenvalue weighted by molar-refractivity contribution is -0.0443. The Hall–Kier alpha value is -1.11. The van der Waals surface area contributed by atoms with E-state index >= 15 is 0 Å². The second-order valence-corrected chi connectivity index (χ2v) is 9.90. The quantitative estimate of drug-likeness (QED) is 0.581. The van der Waals surface area contributed by atoms with Crippen LogP contribution < -0.4 is 0 Å². The van der Waals surface area contributed by atoms with Crippen molar-refractivity contribution in [2.75, 3.05) is 0 Å². The van der Waals surface area contributed by atoms with Crippen LogP contribution in [-0.2, 0) is 0 Å². The number of allylic oxidation sites excluding steroid dienone is 2. The highest BCUT2D eigenvalue weighted by Crippen LogP contribution is 2.64. The van der Waals surface area contributed by atoms with Crippen LogP contribution in [0.25, 0.3) is 5.57 Å². The van der Waals surface area contributed by atoms with Gasteiger partial charge in [0.1, 0.15) is 0 Å². The summed E-state index contributed by atoms with van der Waals surface area (Å²) in [4.78, 5) is 4.23. The molecule has 5 rings (SSSR count). The Morgan fingerprint density at radius 2 is 1.76 bits per heavy atom. The monoisotopic (exact) mass is 335 g/mol. The fourth-order valence-corrected chi connectivity index (χ4v) is 7.63. The summed E-state index contributed by atoms with van der Waals surface area (Å²) in [6.07, 6.45) is 18.3. The number of hydrogen-bond donors (Lipinski definition) is 0. The van der Waals surface area contributed by atoms with E-state index in [1.807, 2.05) is 12.4 Å². The molecule has 0 N–H and O–H groups in total. The first kappa shape index (κ1) is 16.1. The molecule has 0 spiro atoms. The summed E-state index contributed by atoms with van der Waals surface area (Å²) in [5, 5.41) is 0. The van der Waals surface area contributed by atoms with Gasteiger partial charge in [0, 0.05) is 12.4 Å². The molecule has 4 aliphatic carbocycles. The van der Waals surface area contributed by atoms with Gasteiger partial charge in [0.15, 0.2) is 0 Å². The molecule has 0 aromatic carbocycles. The average molecular weight is 336 g/mol. The van der Waals surface area contributed by atoms with Gasteiger partial charge in [0.05, 0.1) is 0 Å². The molecule has 0 aliphatic heterocycles. The van der Waals surface area contributed by atoms with Crippen molar-refractivity contribution < 1.29 is 0 Å². The summed E-state index contributed by atoms with van der Waals surface area (Å²) in [6.45, 7) is 5.07. The number of nitrogens with zero attached hydrogens (tertiary/aromatic N) is 1. The van der Waals surface area contributed by atoms with Crippen LogP contribution in [0.4, 0.5) is 0 Å². The Kier molecular flexibility index (Phi) is 3.84. The molecule has 0 amide bonds. The van der Waals surface area contributed by atoms with Crippen molar-refractivity contribution in [2.45, 2.75) is 65.2 Å². The van der Waals surface area contributed by atoms with E-state index in [1.54, 1.807) is 5.57 Å². The Morgan fingerprint density at radius 3 is 2.60 bits per heavy atom. The molecule has 1 heteroatoms. The minimum Gasteiger partial charge on any atom is -0.265 e. The molecule has 4 aliphatic rings. The molecule has 0 saturated heterocycles. The molecule has 3 saturated carbocycles. The van der Waals surface area contributed by atoms with Crippen molar-refractivity contribution in [3.63, 3.8) is 0 Å². The second kappa shape index (κ2) is 5.96. The highest BCUT2D eigenvalue weighted by molar-refractivity contribution is 5.72. The topological polar surface area (TPSA) is 12.9 Å². The van der Waals surface area contributed by atoms with Gasteiger partial charge in [-0.3, -0.25) is 4.98 Å². The lowest BCUT2D eigenvalue weighted by Gasteiger charge is -2.56. The summed E-state index contributed by atoms with van der Waals surface area (Å²) < 4.78 is 0. The van der Waals surface area contributed by atoms with E-state index in [9.17, 15) is 0 Å². The van der Waals surface area contributed by atoms with Crippen molar-refractivity contribution >= 4 is 5.57 Å². The third-order valence-electron chi connectivity index (χ3n) is 8.79. The predicted molar refractivity (Wildman–Crippen MR) is 104 cm³/mol. The van der Waals surface area contributed by atoms with Gasteiger partial charge in [-0.05, 0) is 109 Å². The Morgan fingerprint density at radius 1 is 0.960 bits per heavy atom. The van der Waals surface area contributed by atoms with Crippen LogP contribution in [0, 0.1) is 40.9 Å². The molecule has 1 aromatic rings. The van der Waals surface area contributed by atoms with Gasteiger partial charge in [-0.1, -0.05) is 26.3 Å². The zero-order valence-corrected chi connectivity index (χ0v) is 16.0. The van der Waals surface area contributed by atoms with Gasteiger partial charge in [-0.25, -0.2) is 0 Å². The lowest BCUT2D eigenvalue weighted by Crippen LogP contribution is -2.47. The van der Waals surface area contributed by atoms with Crippen LogP contribution >= 0.6 is 0 Å². The van der Waals surface area contributed by atoms with Crippen molar-refractivity contribution in [3.8, 4) is 0 Å². The molecule has 1 aromatic heterocycles. The van der Waals surface area contributed by atoms with Crippen molar-refractivity contribution in [3.05, 3.63) is 36.2 Å². The molecular formula is C24H33N. The molecule has 0 radical (unpaired) electrons. The summed E-state index contributed by atoms with van der Waals surface area (Å²) in [6, 6.07) is 4.45. The summed E-state index contributed by atoms with van der Waals surface area (Å²) in [7, 11) is 0. The number of aromatic nitrogens is 1. The highest BCUT2D eigenvalue weighted by Gasteiger charge is 2.54. The number of hydrogen-bond acceptors (Lipinski definition) is 1. The van der Waals surface area contributed by atoms with E-state index < -0.39 is 0 Å². The van der Waals surface area contributed by atoms with Crippen molar-refractivity contribution in [1.29, 1.82) is 0 Å². The third-order valence-corrected chi connectivity index (χ3v) is 8.79. The molecule has 1 heterocycles. The molecular weight excluding hydrogens is 302 g/mol. The summed E-state index contributed by atoms with van der Waals surface area (Å²) in [5.74, 6) is 6.03. The highest BCUT2D eigenvalue weighted by atomic mass is 14.6. The first-order valence-corrected chi connectivity index (χ1v) is 10.8. The average Bonchev–Trinajstić information content (AvgIpc) is 2.99. The van der Waals surface area contributed by atoms with Gasteiger partial charge in [-0.2, -0.15) is 0 Å². The van der Waals surface area contributed by atoms with Crippen LogP contribution in [0.1, 0.15) is 70.8 Å². The summed E-state index contributed by atoms with van der Waals surface area (Å²) >= 11 is 0. The maximum atomic E-state index is 4.23. The zero-order valence-electron chi connectivity index (χ0n) is 16.0. The van der Waals surface area contributed by atoms with Crippen LogP contribution in [0.2, 0.25) is 0 Å². The molecule has 7 atom stereocenters. The summed E-state index contributed by atoms with van der Waals surface area (Å²) in [5.41, 5.74) is 3.48. The van der Waals surface area contributed by atoms with Gasteiger partial charge in [-0.15, -0.1) is 0 Å². The molecule has 134 valence electrons. The van der Waals surface area contributed by atoms with E-state index in [0.29, 0.717) is 5.41 Å². The van der Waals surface area contributed by atoms with E-state index in [1.165, 1.54) is 56.9 Å². The van der Waals surface area contributed by atoms with Crippen LogP contribution in [0.5, 0.6) is 0 Å². The Bertz CT molecular complexity index is 662. The van der Waals surface area contributed by atoms with E-state index in [0.717, 1.165) is 35.5 Å². The van der Waals surface area contributed by atoms with Crippen molar-refractivity contribution in [2.24, 2.45) is 40.9 Å². The Labute approximate surface area is 153 Å². The molecule has 1 nitrogen and oxygen atoms in total. The van der Waals surface area contributed by atoms with Crippen LogP contribution in [0.15, 0.2) is 30.6 Å². The predicted octanol–water partition coefficient (Wildman–Crippen LogP) is 6.36. The minimum absolute atomic E-state index is 0.414. The van der Waals surface area contributed by atoms with Gasteiger partial charge < -0.3 is 0 Å². The standard InChI is InChI=1S/C24H33N/c1-16-3-5-19-18(15-16)4-6-21-20(19)9-12-24(2)22(7-8-23(21)24)17-10-13-25-14-11-17/h7,10-11,13-14,16,18-21,23H,3-6,8-9,12,15H2,1-2H3. The fourth-order valence-electron chi connectivity index (χ4n) is 7.63. The number of rotatable bonds is 1. The van der Waals surface area contributed by atoms with Gasteiger partial charge in [0.2, 0.25) is 0 Å². The smallest absolute Gasteiger partial charge is 0.0273 e. The SMILES string of the molecule is CC1CCC2C(CCC3C2CCC2(C)C(c4ccncc4)=CCC32)C1.